The van der Waals surface area contributed by atoms with Crippen LogP contribution in [0.2, 0.25) is 39.3 Å². The highest BCUT2D eigenvalue weighted by Crippen LogP contribution is 2.67. The zero-order valence-corrected chi connectivity index (χ0v) is 47.8. The fourth-order valence-corrected chi connectivity index (χ4v) is 14.8. The van der Waals surface area contributed by atoms with E-state index in [1.165, 1.54) is 10.4 Å². The molecule has 14 rings (SSSR count). The van der Waals surface area contributed by atoms with E-state index in [1.54, 1.807) is 12.1 Å². The number of oxazole rings is 2. The summed E-state index contributed by atoms with van der Waals surface area (Å²) in [5.41, 5.74) is 17.5. The second-order valence-corrected chi connectivity index (χ2v) is 33.3. The fraction of sp³-hybridized carbons (Fsp3) is 0.0986. The molecule has 0 atom stereocenters. The summed E-state index contributed by atoms with van der Waals surface area (Å²) in [7, 11) is -3.38. The Morgan fingerprint density at radius 2 is 0.765 bits per heavy atom. The minimum Gasteiger partial charge on any atom is -0.435 e. The van der Waals surface area contributed by atoms with Crippen LogP contribution in [0.15, 0.2) is 227 Å². The predicted octanol–water partition coefficient (Wildman–Crippen LogP) is 17.4. The molecule has 0 aliphatic heterocycles. The van der Waals surface area contributed by atoms with Gasteiger partial charge in [0, 0.05) is 45.0 Å². The minimum absolute atomic E-state index is 0.380. The van der Waals surface area contributed by atoms with Crippen molar-refractivity contribution in [1.29, 1.82) is 10.5 Å². The van der Waals surface area contributed by atoms with Gasteiger partial charge in [-0.05, 0) is 130 Å². The van der Waals surface area contributed by atoms with Crippen LogP contribution in [0.25, 0.3) is 67.4 Å². The van der Waals surface area contributed by atoms with E-state index in [0.29, 0.717) is 56.2 Å². The lowest BCUT2D eigenvalue weighted by Crippen LogP contribution is -2.37. The first-order chi connectivity index (χ1) is 39.3. The molecule has 12 aromatic rings. The van der Waals surface area contributed by atoms with Crippen LogP contribution in [0.4, 0.5) is 34.1 Å². The molecule has 0 amide bonds. The van der Waals surface area contributed by atoms with Crippen molar-refractivity contribution in [3.8, 4) is 57.3 Å². The third-order valence-corrected chi connectivity index (χ3v) is 20.4. The van der Waals surface area contributed by atoms with Gasteiger partial charge in [0.05, 0.1) is 56.2 Å². The van der Waals surface area contributed by atoms with Gasteiger partial charge in [0.15, 0.2) is 11.2 Å². The number of hydrogen-bond donors (Lipinski definition) is 0. The number of rotatable bonds is 10. The Morgan fingerprint density at radius 1 is 0.395 bits per heavy atom. The maximum absolute atomic E-state index is 10.2. The van der Waals surface area contributed by atoms with Gasteiger partial charge < -0.3 is 18.6 Å². The number of anilines is 6. The highest BCUT2D eigenvalue weighted by molar-refractivity contribution is 6.89. The van der Waals surface area contributed by atoms with Crippen LogP contribution in [0.5, 0.6) is 0 Å². The molecule has 0 fully saturated rings. The smallest absolute Gasteiger partial charge is 0.227 e. The van der Waals surface area contributed by atoms with Gasteiger partial charge in [-0.25, -0.2) is 9.97 Å². The molecule has 8 nitrogen and oxygen atoms in total. The summed E-state index contributed by atoms with van der Waals surface area (Å²) in [6, 6.07) is 81.1. The molecule has 81 heavy (non-hydrogen) atoms. The number of hydrogen-bond acceptors (Lipinski definition) is 8. The van der Waals surface area contributed by atoms with Crippen LogP contribution in [-0.2, 0) is 5.41 Å². The number of aromatic nitrogens is 2. The van der Waals surface area contributed by atoms with Crippen molar-refractivity contribution >= 4 is 82.8 Å². The van der Waals surface area contributed by atoms with Crippen LogP contribution < -0.4 is 20.2 Å². The molecule has 2 aromatic heterocycles. The van der Waals surface area contributed by atoms with Crippen LogP contribution >= 0.6 is 0 Å². The number of para-hydroxylation sites is 2. The lowest BCUT2D eigenvalue weighted by molar-refractivity contribution is 0.616. The molecule has 10 heteroatoms. The molecule has 0 unspecified atom stereocenters. The number of benzene rings is 10. The van der Waals surface area contributed by atoms with Crippen molar-refractivity contribution in [2.24, 2.45) is 0 Å². The molecule has 1 spiro atoms. The molecular weight excluding hydrogens is 1020 g/mol. The molecule has 388 valence electrons. The average molecular weight is 1080 g/mol. The van der Waals surface area contributed by atoms with Gasteiger partial charge in [0.1, 0.15) is 11.0 Å². The summed E-state index contributed by atoms with van der Waals surface area (Å²) in [4.78, 5) is 15.7. The Balaban J connectivity index is 1.17. The van der Waals surface area contributed by atoms with E-state index in [2.05, 4.69) is 219 Å². The van der Waals surface area contributed by atoms with Gasteiger partial charge in [-0.2, -0.15) is 10.5 Å². The topological polar surface area (TPSA) is 106 Å². The van der Waals surface area contributed by atoms with E-state index in [0.717, 1.165) is 78.6 Å². The normalized spacial score (nSPS) is 12.9. The van der Waals surface area contributed by atoms with Gasteiger partial charge in [0.2, 0.25) is 11.8 Å². The molecule has 0 N–H and O–H groups in total. The second-order valence-electron chi connectivity index (χ2n) is 23.2. The number of nitrogens with zero attached hydrogens (tertiary/aromatic N) is 6. The highest BCUT2D eigenvalue weighted by Gasteiger charge is 2.55. The summed E-state index contributed by atoms with van der Waals surface area (Å²) in [6.45, 7) is 14.3. The standard InChI is InChI=1S/C71H54N6O2Si2/c1-80(2,3)53-35-31-51(32-36-53)76(49-23-9-7-10-24-49)61-41-59-63(67-65(61)74-69(78-67)47-21-17-19-45(39-47)43-72)64-60(71(59)57-29-15-13-27-55(57)56-28-14-16-30-58(56)71)42-62(66-68(64)79-70(75-66)48-22-18-20-46(40-48)44-73)77(50-25-11-8-12-26-50)52-33-37-54(38-34-52)81(4,5)6/h7-42H,1-6H3. The van der Waals surface area contributed by atoms with E-state index in [4.69, 9.17) is 18.8 Å². The Hall–Kier alpha value is -9.85. The Bertz CT molecular complexity index is 4280. The molecule has 2 heterocycles. The highest BCUT2D eigenvalue weighted by atomic mass is 28.3. The fourth-order valence-electron chi connectivity index (χ4n) is 12.4. The summed E-state index contributed by atoms with van der Waals surface area (Å²) >= 11 is 0. The van der Waals surface area contributed by atoms with Crippen molar-refractivity contribution in [3.63, 3.8) is 0 Å². The first-order valence-electron chi connectivity index (χ1n) is 27.4. The van der Waals surface area contributed by atoms with E-state index in [1.807, 2.05) is 48.5 Å². The molecule has 0 saturated carbocycles. The van der Waals surface area contributed by atoms with Gasteiger partial charge in [-0.3, -0.25) is 0 Å². The number of nitriles is 2. The first-order valence-corrected chi connectivity index (χ1v) is 34.4. The Morgan fingerprint density at radius 3 is 1.15 bits per heavy atom. The monoisotopic (exact) mass is 1080 g/mol. The number of fused-ring (bicyclic) bond motifs is 14. The Labute approximate surface area is 473 Å². The van der Waals surface area contributed by atoms with E-state index < -0.39 is 21.6 Å². The van der Waals surface area contributed by atoms with Crippen LogP contribution in [-0.4, -0.2) is 26.1 Å². The summed E-state index contributed by atoms with van der Waals surface area (Å²) in [5.74, 6) is 0.759. The van der Waals surface area contributed by atoms with Crippen molar-refractivity contribution in [2.75, 3.05) is 9.80 Å². The van der Waals surface area contributed by atoms with Crippen molar-refractivity contribution in [1.82, 2.24) is 9.97 Å². The van der Waals surface area contributed by atoms with Crippen molar-refractivity contribution < 1.29 is 8.83 Å². The molecular formula is C71H54N6O2Si2. The largest absolute Gasteiger partial charge is 0.435 e. The van der Waals surface area contributed by atoms with Crippen LogP contribution in [0.3, 0.4) is 0 Å². The second kappa shape index (κ2) is 18.6. The third kappa shape index (κ3) is 7.82. The lowest BCUT2D eigenvalue weighted by Gasteiger charge is -2.33. The maximum atomic E-state index is 10.2. The average Bonchev–Trinajstić information content (AvgIpc) is 4.41. The quantitative estimate of drug-likeness (QED) is 0.125. The van der Waals surface area contributed by atoms with E-state index in [9.17, 15) is 10.5 Å². The summed E-state index contributed by atoms with van der Waals surface area (Å²) < 4.78 is 14.9. The van der Waals surface area contributed by atoms with Gasteiger partial charge >= 0.3 is 0 Å². The predicted molar refractivity (Wildman–Crippen MR) is 334 cm³/mol. The van der Waals surface area contributed by atoms with Crippen molar-refractivity contribution in [2.45, 2.75) is 44.7 Å². The lowest BCUT2D eigenvalue weighted by atomic mass is 9.70. The third-order valence-electron chi connectivity index (χ3n) is 16.3. The van der Waals surface area contributed by atoms with E-state index >= 15 is 0 Å². The molecule has 0 bridgehead atoms. The summed E-state index contributed by atoms with van der Waals surface area (Å²) in [5, 5.41) is 23.2. The zero-order chi connectivity index (χ0) is 55.4. The Kier molecular flexibility index (Phi) is 11.4. The molecule has 0 saturated heterocycles. The molecule has 0 radical (unpaired) electrons. The molecule has 2 aliphatic carbocycles. The summed E-state index contributed by atoms with van der Waals surface area (Å²) in [6.07, 6.45) is 0. The van der Waals surface area contributed by atoms with Crippen LogP contribution in [0, 0.1) is 22.7 Å². The van der Waals surface area contributed by atoms with E-state index in [-0.39, 0.29) is 0 Å². The van der Waals surface area contributed by atoms with Gasteiger partial charge in [0.25, 0.3) is 0 Å². The minimum atomic E-state index is -1.69. The van der Waals surface area contributed by atoms with Crippen LogP contribution in [0.1, 0.15) is 33.4 Å². The van der Waals surface area contributed by atoms with Gasteiger partial charge in [-0.1, -0.05) is 171 Å². The molecule has 10 aromatic carbocycles. The SMILES string of the molecule is C[Si](C)(C)c1ccc(N(c2ccccc2)c2cc3c(c4oc(-c5cccc(C#N)c5)nc24)-c2c(cc(N(c4ccccc4)c4ccc([Si](C)(C)C)cc4)c4nc(-c5cccc(C#N)c5)oc24)C32c3ccccc3-c3ccccc32)cc1. The van der Waals surface area contributed by atoms with Gasteiger partial charge in [-0.15, -0.1) is 0 Å². The maximum Gasteiger partial charge on any atom is 0.227 e. The molecule has 2 aliphatic rings. The van der Waals surface area contributed by atoms with Crippen molar-refractivity contribution in [3.05, 3.63) is 252 Å². The first kappa shape index (κ1) is 49.4. The zero-order valence-electron chi connectivity index (χ0n) is 45.8.